The van der Waals surface area contributed by atoms with Crippen molar-refractivity contribution in [3.05, 3.63) is 57.3 Å². The summed E-state index contributed by atoms with van der Waals surface area (Å²) in [5.41, 5.74) is 2.60. The second kappa shape index (κ2) is 4.83. The molecule has 0 amide bonds. The third-order valence-corrected chi connectivity index (χ3v) is 5.23. The smallest absolute Gasteiger partial charge is 0.141 e. The Kier molecular flexibility index (Phi) is 2.97. The first-order valence-electron chi connectivity index (χ1n) is 6.82. The largest absolute Gasteiger partial charge is 0.222 e. The van der Waals surface area contributed by atoms with Gasteiger partial charge in [-0.2, -0.15) is 0 Å². The number of aryl methyl sites for hydroxylation is 2. The number of thiophene rings is 1. The first-order chi connectivity index (χ1) is 9.81. The molecule has 20 heavy (non-hydrogen) atoms. The van der Waals surface area contributed by atoms with E-state index in [4.69, 9.17) is 16.6 Å². The maximum absolute atomic E-state index is 6.41. The summed E-state index contributed by atoms with van der Waals surface area (Å²) < 4.78 is 0. The lowest BCUT2D eigenvalue weighted by molar-refractivity contribution is 0.916. The van der Waals surface area contributed by atoms with Crippen LogP contribution in [0.2, 0.25) is 5.15 Å². The highest BCUT2D eigenvalue weighted by Crippen LogP contribution is 2.39. The van der Waals surface area contributed by atoms with Gasteiger partial charge in [0.2, 0.25) is 0 Å². The molecule has 0 saturated heterocycles. The molecule has 0 spiro atoms. The van der Waals surface area contributed by atoms with Gasteiger partial charge in [-0.1, -0.05) is 41.9 Å². The van der Waals surface area contributed by atoms with E-state index < -0.39 is 0 Å². The summed E-state index contributed by atoms with van der Waals surface area (Å²) in [6.45, 7) is 0. The van der Waals surface area contributed by atoms with E-state index >= 15 is 0 Å². The van der Waals surface area contributed by atoms with E-state index in [1.807, 2.05) is 18.2 Å². The van der Waals surface area contributed by atoms with Crippen molar-refractivity contribution >= 4 is 33.2 Å². The Hall–Kier alpha value is -1.45. The van der Waals surface area contributed by atoms with E-state index in [9.17, 15) is 0 Å². The predicted octanol–water partition coefficient (Wildman–Crippen LogP) is 4.42. The van der Waals surface area contributed by atoms with Gasteiger partial charge in [0.25, 0.3) is 0 Å². The molecule has 1 aromatic carbocycles. The third kappa shape index (κ3) is 2.02. The van der Waals surface area contributed by atoms with Crippen LogP contribution in [0.3, 0.4) is 0 Å². The fourth-order valence-corrected chi connectivity index (χ4v) is 4.49. The van der Waals surface area contributed by atoms with Crippen LogP contribution in [0.15, 0.2) is 30.3 Å². The zero-order valence-corrected chi connectivity index (χ0v) is 12.5. The van der Waals surface area contributed by atoms with Crippen LogP contribution in [0.25, 0.3) is 10.2 Å². The molecule has 1 aliphatic carbocycles. The molecule has 2 nitrogen and oxygen atoms in total. The summed E-state index contributed by atoms with van der Waals surface area (Å²) in [7, 11) is 0. The molecular formula is C16H13ClN2S. The van der Waals surface area contributed by atoms with E-state index in [-0.39, 0.29) is 0 Å². The monoisotopic (exact) mass is 300 g/mol. The van der Waals surface area contributed by atoms with E-state index in [0.29, 0.717) is 5.15 Å². The van der Waals surface area contributed by atoms with Crippen molar-refractivity contribution < 1.29 is 0 Å². The number of benzene rings is 1. The molecule has 3 aromatic rings. The van der Waals surface area contributed by atoms with Gasteiger partial charge in [0.05, 0.1) is 5.39 Å². The van der Waals surface area contributed by atoms with E-state index in [0.717, 1.165) is 28.9 Å². The number of aromatic nitrogens is 2. The number of nitrogens with zero attached hydrogens (tertiary/aromatic N) is 2. The van der Waals surface area contributed by atoms with Crippen LogP contribution in [0.4, 0.5) is 0 Å². The minimum atomic E-state index is 0.625. The molecule has 0 saturated carbocycles. The first-order valence-corrected chi connectivity index (χ1v) is 8.01. The molecule has 0 fully saturated rings. The molecule has 2 heterocycles. The highest BCUT2D eigenvalue weighted by Gasteiger charge is 2.21. The van der Waals surface area contributed by atoms with Gasteiger partial charge in [0.15, 0.2) is 0 Å². The summed E-state index contributed by atoms with van der Waals surface area (Å²) in [4.78, 5) is 11.7. The first kappa shape index (κ1) is 12.3. The van der Waals surface area contributed by atoms with Crippen molar-refractivity contribution in [1.82, 2.24) is 9.97 Å². The molecule has 0 atom stereocenters. The SMILES string of the molecule is Clc1nc(Cc2ccccc2)nc2sc3c(c12)CCC3. The normalized spacial score (nSPS) is 13.8. The van der Waals surface area contributed by atoms with Gasteiger partial charge in [0.1, 0.15) is 15.8 Å². The van der Waals surface area contributed by atoms with E-state index in [2.05, 4.69) is 17.1 Å². The van der Waals surface area contributed by atoms with Crippen molar-refractivity contribution in [1.29, 1.82) is 0 Å². The summed E-state index contributed by atoms with van der Waals surface area (Å²) in [5, 5.41) is 1.72. The fraction of sp³-hybridized carbons (Fsp3) is 0.250. The minimum absolute atomic E-state index is 0.625. The van der Waals surface area contributed by atoms with Gasteiger partial charge in [0, 0.05) is 11.3 Å². The van der Waals surface area contributed by atoms with Crippen LogP contribution < -0.4 is 0 Å². The number of rotatable bonds is 2. The quantitative estimate of drug-likeness (QED) is 0.655. The van der Waals surface area contributed by atoms with Crippen molar-refractivity contribution in [2.24, 2.45) is 0 Å². The van der Waals surface area contributed by atoms with Gasteiger partial charge in [-0.25, -0.2) is 9.97 Å². The van der Waals surface area contributed by atoms with Crippen molar-refractivity contribution in [3.63, 3.8) is 0 Å². The third-order valence-electron chi connectivity index (χ3n) is 3.77. The van der Waals surface area contributed by atoms with Crippen LogP contribution in [0.1, 0.15) is 28.2 Å². The van der Waals surface area contributed by atoms with E-state index in [1.54, 1.807) is 11.3 Å². The summed E-state index contributed by atoms with van der Waals surface area (Å²) >= 11 is 8.20. The van der Waals surface area contributed by atoms with Gasteiger partial charge >= 0.3 is 0 Å². The van der Waals surface area contributed by atoms with Gasteiger partial charge in [-0.05, 0) is 30.4 Å². The zero-order valence-electron chi connectivity index (χ0n) is 10.9. The van der Waals surface area contributed by atoms with E-state index in [1.165, 1.54) is 28.8 Å². The second-order valence-corrected chi connectivity index (χ2v) is 6.57. The highest BCUT2D eigenvalue weighted by atomic mass is 35.5. The average Bonchev–Trinajstić information content (AvgIpc) is 2.99. The number of halogens is 1. The lowest BCUT2D eigenvalue weighted by Gasteiger charge is -2.03. The molecule has 0 bridgehead atoms. The molecular weight excluding hydrogens is 288 g/mol. The summed E-state index contributed by atoms with van der Waals surface area (Å²) in [6.07, 6.45) is 4.26. The van der Waals surface area contributed by atoms with Crippen LogP contribution in [0.5, 0.6) is 0 Å². The maximum Gasteiger partial charge on any atom is 0.141 e. The Balaban J connectivity index is 1.79. The Morgan fingerprint density at radius 2 is 1.95 bits per heavy atom. The van der Waals surface area contributed by atoms with Gasteiger partial charge < -0.3 is 0 Å². The second-order valence-electron chi connectivity index (χ2n) is 5.13. The van der Waals surface area contributed by atoms with Gasteiger partial charge in [-0.15, -0.1) is 11.3 Å². The lowest BCUT2D eigenvalue weighted by Crippen LogP contribution is -1.97. The Morgan fingerprint density at radius 3 is 2.80 bits per heavy atom. The van der Waals surface area contributed by atoms with Crippen LogP contribution in [-0.4, -0.2) is 9.97 Å². The van der Waals surface area contributed by atoms with Crippen molar-refractivity contribution in [2.45, 2.75) is 25.7 Å². The number of fused-ring (bicyclic) bond motifs is 3. The average molecular weight is 301 g/mol. The standard InChI is InChI=1S/C16H13ClN2S/c17-15-14-11-7-4-8-12(11)20-16(14)19-13(18-15)9-10-5-2-1-3-6-10/h1-3,5-6H,4,7-9H2. The lowest BCUT2D eigenvalue weighted by atomic mass is 10.1. The molecule has 0 N–H and O–H groups in total. The molecule has 100 valence electrons. The van der Waals surface area contributed by atoms with Crippen LogP contribution >= 0.6 is 22.9 Å². The number of hydrogen-bond acceptors (Lipinski definition) is 3. The Bertz CT molecular complexity index is 780. The summed E-state index contributed by atoms with van der Waals surface area (Å²) in [5.74, 6) is 0.814. The molecule has 0 aliphatic heterocycles. The molecule has 4 rings (SSSR count). The minimum Gasteiger partial charge on any atom is -0.222 e. The highest BCUT2D eigenvalue weighted by molar-refractivity contribution is 7.19. The molecule has 0 radical (unpaired) electrons. The van der Waals surface area contributed by atoms with Crippen molar-refractivity contribution in [3.8, 4) is 0 Å². The van der Waals surface area contributed by atoms with Gasteiger partial charge in [-0.3, -0.25) is 0 Å². The maximum atomic E-state index is 6.41. The molecule has 2 aromatic heterocycles. The molecule has 4 heteroatoms. The fourth-order valence-electron chi connectivity index (χ4n) is 2.85. The molecule has 1 aliphatic rings. The number of hydrogen-bond donors (Lipinski definition) is 0. The van der Waals surface area contributed by atoms with Crippen LogP contribution in [-0.2, 0) is 19.3 Å². The topological polar surface area (TPSA) is 25.8 Å². The van der Waals surface area contributed by atoms with Crippen molar-refractivity contribution in [2.75, 3.05) is 0 Å². The van der Waals surface area contributed by atoms with Crippen LogP contribution in [0, 0.1) is 0 Å². The molecule has 0 unspecified atom stereocenters. The Labute approximate surface area is 126 Å². The Morgan fingerprint density at radius 1 is 1.10 bits per heavy atom. The summed E-state index contributed by atoms with van der Waals surface area (Å²) in [6, 6.07) is 10.3. The zero-order chi connectivity index (χ0) is 13.5. The predicted molar refractivity (Wildman–Crippen MR) is 83.7 cm³/mol.